The van der Waals surface area contributed by atoms with E-state index in [1.165, 1.54) is 4.31 Å². The molecule has 1 aliphatic heterocycles. The van der Waals surface area contributed by atoms with E-state index in [2.05, 4.69) is 10.6 Å². The van der Waals surface area contributed by atoms with E-state index in [9.17, 15) is 13.2 Å². The molecule has 2 N–H and O–H groups in total. The molecule has 2 amide bonds. The summed E-state index contributed by atoms with van der Waals surface area (Å²) in [6, 6.07) is 23.8. The second-order valence-electron chi connectivity index (χ2n) is 7.50. The van der Waals surface area contributed by atoms with Crippen molar-refractivity contribution in [1.29, 1.82) is 0 Å². The van der Waals surface area contributed by atoms with Crippen LogP contribution in [0, 0.1) is 0 Å². The van der Waals surface area contributed by atoms with Crippen molar-refractivity contribution in [2.45, 2.75) is 24.3 Å². The Hall–Kier alpha value is -3.16. The van der Waals surface area contributed by atoms with Crippen LogP contribution in [0.15, 0.2) is 83.8 Å². The number of hydrogen-bond acceptors (Lipinski definition) is 3. The van der Waals surface area contributed by atoms with Gasteiger partial charge in [-0.05, 0) is 53.8 Å². The van der Waals surface area contributed by atoms with E-state index in [-0.39, 0.29) is 12.6 Å². The van der Waals surface area contributed by atoms with Gasteiger partial charge in [0.15, 0.2) is 0 Å². The van der Waals surface area contributed by atoms with Gasteiger partial charge in [0, 0.05) is 25.3 Å². The molecule has 0 fully saturated rings. The third-order valence-corrected chi connectivity index (χ3v) is 7.22. The number of urea groups is 1. The molecule has 3 aromatic carbocycles. The molecule has 0 bridgehead atoms. The Morgan fingerprint density at radius 1 is 0.903 bits per heavy atom. The van der Waals surface area contributed by atoms with Crippen molar-refractivity contribution in [3.05, 3.63) is 95.6 Å². The smallest absolute Gasteiger partial charge is 0.319 e. The third kappa shape index (κ3) is 5.13. The second kappa shape index (κ2) is 9.32. The zero-order valence-electron chi connectivity index (χ0n) is 17.1. The van der Waals surface area contributed by atoms with Gasteiger partial charge in [0.2, 0.25) is 10.0 Å². The summed E-state index contributed by atoms with van der Waals surface area (Å²) in [5, 5.41) is 5.70. The van der Waals surface area contributed by atoms with Crippen molar-refractivity contribution >= 4 is 21.7 Å². The summed E-state index contributed by atoms with van der Waals surface area (Å²) < 4.78 is 27.4. The SMILES string of the molecule is O=C(NCCc1ccccc1)Nc1ccc2c(c1)CN(S(=O)(=O)c1ccccc1)CC2. The summed E-state index contributed by atoms with van der Waals surface area (Å²) in [6.45, 7) is 1.26. The van der Waals surface area contributed by atoms with E-state index in [4.69, 9.17) is 0 Å². The highest BCUT2D eigenvalue weighted by molar-refractivity contribution is 7.89. The lowest BCUT2D eigenvalue weighted by molar-refractivity contribution is 0.252. The van der Waals surface area contributed by atoms with Gasteiger partial charge in [0.05, 0.1) is 4.90 Å². The van der Waals surface area contributed by atoms with E-state index in [1.54, 1.807) is 30.3 Å². The minimum absolute atomic E-state index is 0.277. The van der Waals surface area contributed by atoms with Crippen LogP contribution in [0.4, 0.5) is 10.5 Å². The van der Waals surface area contributed by atoms with Crippen LogP contribution in [-0.2, 0) is 29.4 Å². The van der Waals surface area contributed by atoms with Crippen molar-refractivity contribution in [2.75, 3.05) is 18.4 Å². The predicted molar refractivity (Wildman–Crippen MR) is 121 cm³/mol. The number of nitrogens with one attached hydrogen (secondary N) is 2. The molecule has 31 heavy (non-hydrogen) atoms. The lowest BCUT2D eigenvalue weighted by Crippen LogP contribution is -2.36. The van der Waals surface area contributed by atoms with Crippen molar-refractivity contribution < 1.29 is 13.2 Å². The Labute approximate surface area is 183 Å². The first-order valence-corrected chi connectivity index (χ1v) is 11.7. The van der Waals surface area contributed by atoms with Crippen molar-refractivity contribution in [3.63, 3.8) is 0 Å². The molecule has 0 saturated carbocycles. The Morgan fingerprint density at radius 3 is 2.35 bits per heavy atom. The molecule has 0 spiro atoms. The molecule has 0 saturated heterocycles. The monoisotopic (exact) mass is 435 g/mol. The van der Waals surface area contributed by atoms with Gasteiger partial charge in [0.25, 0.3) is 0 Å². The molecule has 1 aliphatic rings. The molecule has 6 nitrogen and oxygen atoms in total. The molecule has 3 aromatic rings. The number of carbonyl (C=O) groups excluding carboxylic acids is 1. The van der Waals surface area contributed by atoms with Crippen LogP contribution in [-0.4, -0.2) is 31.8 Å². The maximum absolute atomic E-state index is 12.9. The number of anilines is 1. The fourth-order valence-corrected chi connectivity index (χ4v) is 5.14. The van der Waals surface area contributed by atoms with Crippen molar-refractivity contribution in [3.8, 4) is 0 Å². The van der Waals surface area contributed by atoms with Crippen molar-refractivity contribution in [1.82, 2.24) is 9.62 Å². The summed E-state index contributed by atoms with van der Waals surface area (Å²) in [5.41, 5.74) is 3.83. The molecular weight excluding hydrogens is 410 g/mol. The number of benzene rings is 3. The molecule has 7 heteroatoms. The first-order valence-electron chi connectivity index (χ1n) is 10.3. The van der Waals surface area contributed by atoms with Crippen molar-refractivity contribution in [2.24, 2.45) is 0 Å². The number of rotatable bonds is 6. The fraction of sp³-hybridized carbons (Fsp3) is 0.208. The average Bonchev–Trinajstić information content (AvgIpc) is 2.80. The van der Waals surface area contributed by atoms with Gasteiger partial charge in [-0.2, -0.15) is 4.31 Å². The highest BCUT2D eigenvalue weighted by Crippen LogP contribution is 2.27. The molecule has 0 radical (unpaired) electrons. The van der Waals surface area contributed by atoms with Crippen LogP contribution in [0.2, 0.25) is 0 Å². The number of nitrogens with zero attached hydrogens (tertiary/aromatic N) is 1. The third-order valence-electron chi connectivity index (χ3n) is 5.36. The minimum atomic E-state index is -3.55. The van der Waals surface area contributed by atoms with Gasteiger partial charge >= 0.3 is 6.03 Å². The van der Waals surface area contributed by atoms with E-state index < -0.39 is 10.0 Å². The van der Waals surface area contributed by atoms with Gasteiger partial charge in [-0.25, -0.2) is 13.2 Å². The average molecular weight is 436 g/mol. The minimum Gasteiger partial charge on any atom is -0.338 e. The van der Waals surface area contributed by atoms with Gasteiger partial charge in [-0.15, -0.1) is 0 Å². The number of amides is 2. The molecule has 160 valence electrons. The largest absolute Gasteiger partial charge is 0.338 e. The van der Waals surface area contributed by atoms with Crippen LogP contribution in [0.5, 0.6) is 0 Å². The summed E-state index contributed by atoms with van der Waals surface area (Å²) >= 11 is 0. The summed E-state index contributed by atoms with van der Waals surface area (Å²) in [5.74, 6) is 0. The molecule has 0 unspecified atom stereocenters. The van der Waals surface area contributed by atoms with Crippen LogP contribution in [0.25, 0.3) is 0 Å². The lowest BCUT2D eigenvalue weighted by Gasteiger charge is -2.28. The van der Waals surface area contributed by atoms with Crippen LogP contribution in [0.1, 0.15) is 16.7 Å². The zero-order valence-corrected chi connectivity index (χ0v) is 17.9. The van der Waals surface area contributed by atoms with E-state index in [0.717, 1.165) is 23.1 Å². The summed E-state index contributed by atoms with van der Waals surface area (Å²) in [6.07, 6.45) is 1.40. The molecule has 0 aromatic heterocycles. The maximum Gasteiger partial charge on any atom is 0.319 e. The van der Waals surface area contributed by atoms with Gasteiger partial charge in [-0.1, -0.05) is 54.6 Å². The quantitative estimate of drug-likeness (QED) is 0.618. The second-order valence-corrected chi connectivity index (χ2v) is 9.44. The zero-order chi connectivity index (χ0) is 21.7. The van der Waals surface area contributed by atoms with Gasteiger partial charge < -0.3 is 10.6 Å². The number of carbonyl (C=O) groups is 1. The maximum atomic E-state index is 12.9. The Balaban J connectivity index is 1.38. The standard InChI is InChI=1S/C24H25N3O3S/c28-24(25-15-13-19-7-3-1-4-8-19)26-22-12-11-20-14-16-27(18-21(20)17-22)31(29,30)23-9-5-2-6-10-23/h1-12,17H,13-16,18H2,(H2,25,26,28). The van der Waals surface area contributed by atoms with E-state index in [1.807, 2.05) is 48.5 Å². The van der Waals surface area contributed by atoms with Gasteiger partial charge in [0.1, 0.15) is 0 Å². The topological polar surface area (TPSA) is 78.5 Å². The predicted octanol–water partition coefficient (Wildman–Crippen LogP) is 3.80. The highest BCUT2D eigenvalue weighted by Gasteiger charge is 2.28. The number of hydrogen-bond donors (Lipinski definition) is 2. The fourth-order valence-electron chi connectivity index (χ4n) is 3.70. The first-order chi connectivity index (χ1) is 15.0. The first kappa shape index (κ1) is 21.1. The Bertz CT molecular complexity index is 1150. The van der Waals surface area contributed by atoms with E-state index >= 15 is 0 Å². The normalized spacial score (nSPS) is 13.9. The van der Waals surface area contributed by atoms with Crippen LogP contribution >= 0.6 is 0 Å². The number of fused-ring (bicyclic) bond motifs is 1. The van der Waals surface area contributed by atoms with E-state index in [0.29, 0.717) is 30.1 Å². The van der Waals surface area contributed by atoms with Crippen LogP contribution < -0.4 is 10.6 Å². The number of sulfonamides is 1. The lowest BCUT2D eigenvalue weighted by atomic mass is 10.0. The molecule has 0 aliphatic carbocycles. The van der Waals surface area contributed by atoms with Crippen LogP contribution in [0.3, 0.4) is 0 Å². The summed E-state index contributed by atoms with van der Waals surface area (Å²) in [4.78, 5) is 12.5. The molecule has 1 heterocycles. The molecular formula is C24H25N3O3S. The molecule has 4 rings (SSSR count). The highest BCUT2D eigenvalue weighted by atomic mass is 32.2. The summed E-state index contributed by atoms with van der Waals surface area (Å²) in [7, 11) is -3.55. The molecule has 0 atom stereocenters. The Morgan fingerprint density at radius 2 is 1.61 bits per heavy atom. The Kier molecular flexibility index (Phi) is 6.34. The van der Waals surface area contributed by atoms with Gasteiger partial charge in [-0.3, -0.25) is 0 Å².